The summed E-state index contributed by atoms with van der Waals surface area (Å²) in [7, 11) is 0. The molecule has 2 aromatic carbocycles. The van der Waals surface area contributed by atoms with Gasteiger partial charge in [-0.2, -0.15) is 0 Å². The molecule has 1 atom stereocenters. The molecule has 1 N–H and O–H groups in total. The topological polar surface area (TPSA) is 63.6 Å². The second-order valence-electron chi connectivity index (χ2n) is 10.7. The lowest BCUT2D eigenvalue weighted by Crippen LogP contribution is -2.26. The van der Waals surface area contributed by atoms with Gasteiger partial charge in [0.15, 0.2) is 5.78 Å². The predicted molar refractivity (Wildman–Crippen MR) is 138 cm³/mol. The molecule has 0 bridgehead atoms. The van der Waals surface area contributed by atoms with Gasteiger partial charge in [-0.3, -0.25) is 9.59 Å². The summed E-state index contributed by atoms with van der Waals surface area (Å²) in [4.78, 5) is 25.2. The molecule has 4 nitrogen and oxygen atoms in total. The Morgan fingerprint density at radius 2 is 1.26 bits per heavy atom. The van der Waals surface area contributed by atoms with Crippen molar-refractivity contribution >= 4 is 11.8 Å². The third-order valence-corrected chi connectivity index (χ3v) is 6.59. The standard InChI is InChI=1S/C30H42O4/c1-29(2,27(32)25-17-9-6-10-18-25)21-13-11-19-26(31)20-12-14-22-30(3,4)28(33)34-23-24-15-7-5-8-16-24/h5-10,15-18,26,31H,11-14,19-23H2,1-4H3. The summed E-state index contributed by atoms with van der Waals surface area (Å²) in [6.07, 6.45) is 6.29. The van der Waals surface area contributed by atoms with E-state index in [0.29, 0.717) is 6.61 Å². The van der Waals surface area contributed by atoms with Crippen molar-refractivity contribution < 1.29 is 19.4 Å². The Balaban J connectivity index is 1.59. The third-order valence-electron chi connectivity index (χ3n) is 6.59. The van der Waals surface area contributed by atoms with Crippen LogP contribution in [-0.4, -0.2) is 23.0 Å². The van der Waals surface area contributed by atoms with Crippen LogP contribution < -0.4 is 0 Å². The Labute approximate surface area is 205 Å². The molecule has 0 aliphatic carbocycles. The van der Waals surface area contributed by atoms with E-state index in [-0.39, 0.29) is 17.9 Å². The maximum absolute atomic E-state index is 12.7. The molecule has 4 heteroatoms. The first-order valence-electron chi connectivity index (χ1n) is 12.6. The highest BCUT2D eigenvalue weighted by molar-refractivity contribution is 5.99. The number of hydrogen-bond donors (Lipinski definition) is 1. The summed E-state index contributed by atoms with van der Waals surface area (Å²) < 4.78 is 5.50. The highest BCUT2D eigenvalue weighted by Crippen LogP contribution is 2.29. The fourth-order valence-corrected chi connectivity index (χ4v) is 4.15. The lowest BCUT2D eigenvalue weighted by Gasteiger charge is -2.23. The molecular weight excluding hydrogens is 424 g/mol. The molecule has 0 aliphatic rings. The van der Waals surface area contributed by atoms with Gasteiger partial charge in [0.1, 0.15) is 6.61 Å². The minimum atomic E-state index is -0.531. The van der Waals surface area contributed by atoms with Gasteiger partial charge < -0.3 is 9.84 Å². The largest absolute Gasteiger partial charge is 0.460 e. The van der Waals surface area contributed by atoms with E-state index in [4.69, 9.17) is 4.74 Å². The van der Waals surface area contributed by atoms with Crippen molar-refractivity contribution in [2.45, 2.75) is 91.8 Å². The second-order valence-corrected chi connectivity index (χ2v) is 10.7. The van der Waals surface area contributed by atoms with Crippen molar-refractivity contribution in [3.05, 3.63) is 71.8 Å². The van der Waals surface area contributed by atoms with Crippen molar-refractivity contribution in [2.75, 3.05) is 0 Å². The number of aliphatic hydroxyl groups excluding tert-OH is 1. The summed E-state index contributed by atoms with van der Waals surface area (Å²) in [6.45, 7) is 8.16. The summed E-state index contributed by atoms with van der Waals surface area (Å²) in [6, 6.07) is 19.2. The monoisotopic (exact) mass is 466 g/mol. The van der Waals surface area contributed by atoms with Crippen molar-refractivity contribution in [1.29, 1.82) is 0 Å². The molecule has 0 radical (unpaired) electrons. The molecule has 0 saturated heterocycles. The van der Waals surface area contributed by atoms with Gasteiger partial charge in [0.2, 0.25) is 0 Å². The Morgan fingerprint density at radius 3 is 1.82 bits per heavy atom. The number of rotatable bonds is 15. The van der Waals surface area contributed by atoms with Gasteiger partial charge in [0.05, 0.1) is 11.5 Å². The number of Topliss-reactive ketones (excluding diaryl/α,β-unsaturated/α-hetero) is 1. The first-order valence-corrected chi connectivity index (χ1v) is 12.6. The molecule has 0 saturated carbocycles. The molecule has 2 aromatic rings. The number of ether oxygens (including phenoxy) is 1. The van der Waals surface area contributed by atoms with Crippen LogP contribution >= 0.6 is 0 Å². The summed E-state index contributed by atoms with van der Waals surface area (Å²) in [5.41, 5.74) is 0.825. The zero-order valence-corrected chi connectivity index (χ0v) is 21.4. The van der Waals surface area contributed by atoms with E-state index in [1.54, 1.807) is 0 Å². The second kappa shape index (κ2) is 13.4. The van der Waals surface area contributed by atoms with Gasteiger partial charge in [-0.05, 0) is 45.1 Å². The van der Waals surface area contributed by atoms with Crippen molar-refractivity contribution in [3.63, 3.8) is 0 Å². The molecule has 0 aliphatic heterocycles. The number of benzene rings is 2. The molecule has 0 amide bonds. The molecule has 2 rings (SSSR count). The van der Waals surface area contributed by atoms with Crippen LogP contribution in [0.2, 0.25) is 0 Å². The normalized spacial score (nSPS) is 12.9. The molecular formula is C30H42O4. The maximum atomic E-state index is 12.7. The molecule has 0 heterocycles. The van der Waals surface area contributed by atoms with Crippen LogP contribution in [0.1, 0.15) is 95.0 Å². The summed E-state index contributed by atoms with van der Waals surface area (Å²) in [5.74, 6) is 0.00289. The lowest BCUT2D eigenvalue weighted by atomic mass is 9.79. The zero-order chi connectivity index (χ0) is 25.0. The highest BCUT2D eigenvalue weighted by Gasteiger charge is 2.29. The van der Waals surface area contributed by atoms with Crippen LogP contribution in [0.15, 0.2) is 60.7 Å². The van der Waals surface area contributed by atoms with Crippen LogP contribution in [0.3, 0.4) is 0 Å². The van der Waals surface area contributed by atoms with E-state index in [1.807, 2.05) is 88.4 Å². The zero-order valence-electron chi connectivity index (χ0n) is 21.4. The minimum absolute atomic E-state index is 0.176. The first kappa shape index (κ1) is 27.8. The Morgan fingerprint density at radius 1 is 0.765 bits per heavy atom. The molecule has 34 heavy (non-hydrogen) atoms. The van der Waals surface area contributed by atoms with Gasteiger partial charge in [0, 0.05) is 11.0 Å². The average molecular weight is 467 g/mol. The third kappa shape index (κ3) is 9.42. The van der Waals surface area contributed by atoms with Crippen molar-refractivity contribution in [1.82, 2.24) is 0 Å². The first-order chi connectivity index (χ1) is 16.1. The number of carbonyl (C=O) groups excluding carboxylic acids is 2. The Kier molecular flexibility index (Phi) is 11.0. The fraction of sp³-hybridized carbons (Fsp3) is 0.533. The Hall–Kier alpha value is -2.46. The number of esters is 1. The number of aliphatic hydroxyl groups is 1. The van der Waals surface area contributed by atoms with Crippen LogP contribution in [-0.2, 0) is 16.1 Å². The number of hydrogen-bond acceptors (Lipinski definition) is 4. The van der Waals surface area contributed by atoms with E-state index in [1.165, 1.54) is 0 Å². The molecule has 1 unspecified atom stereocenters. The lowest BCUT2D eigenvalue weighted by molar-refractivity contribution is -0.155. The van der Waals surface area contributed by atoms with Gasteiger partial charge in [-0.15, -0.1) is 0 Å². The van der Waals surface area contributed by atoms with Crippen LogP contribution in [0.25, 0.3) is 0 Å². The molecule has 186 valence electrons. The van der Waals surface area contributed by atoms with Crippen LogP contribution in [0, 0.1) is 10.8 Å². The Bertz CT molecular complexity index is 871. The predicted octanol–water partition coefficient (Wildman–Crippen LogP) is 7.15. The molecule has 0 fully saturated rings. The van der Waals surface area contributed by atoms with Crippen molar-refractivity contribution in [3.8, 4) is 0 Å². The quantitative estimate of drug-likeness (QED) is 0.172. The van der Waals surface area contributed by atoms with E-state index in [2.05, 4.69) is 0 Å². The van der Waals surface area contributed by atoms with E-state index < -0.39 is 10.8 Å². The van der Waals surface area contributed by atoms with Gasteiger partial charge in [-0.25, -0.2) is 0 Å². The maximum Gasteiger partial charge on any atom is 0.311 e. The smallest absolute Gasteiger partial charge is 0.311 e. The number of unbranched alkanes of at least 4 members (excludes halogenated alkanes) is 2. The van der Waals surface area contributed by atoms with Crippen LogP contribution in [0.5, 0.6) is 0 Å². The SMILES string of the molecule is CC(C)(CCCCC(O)CCCCC(C)(C)C(=O)c1ccccc1)C(=O)OCc1ccccc1. The van der Waals surface area contributed by atoms with Crippen LogP contribution in [0.4, 0.5) is 0 Å². The molecule has 0 aromatic heterocycles. The minimum Gasteiger partial charge on any atom is -0.460 e. The summed E-state index contributed by atoms with van der Waals surface area (Å²) in [5, 5.41) is 10.4. The highest BCUT2D eigenvalue weighted by atomic mass is 16.5. The average Bonchev–Trinajstić information content (AvgIpc) is 2.83. The van der Waals surface area contributed by atoms with Gasteiger partial charge in [0.25, 0.3) is 0 Å². The fourth-order valence-electron chi connectivity index (χ4n) is 4.15. The van der Waals surface area contributed by atoms with E-state index in [0.717, 1.165) is 62.5 Å². The van der Waals surface area contributed by atoms with Crippen molar-refractivity contribution in [2.24, 2.45) is 10.8 Å². The number of carbonyl (C=O) groups is 2. The summed E-state index contributed by atoms with van der Waals surface area (Å²) >= 11 is 0. The number of ketones is 1. The van der Waals surface area contributed by atoms with Gasteiger partial charge in [-0.1, -0.05) is 100 Å². The van der Waals surface area contributed by atoms with E-state index in [9.17, 15) is 14.7 Å². The van der Waals surface area contributed by atoms with E-state index >= 15 is 0 Å². The molecule has 0 spiro atoms. The van der Waals surface area contributed by atoms with Gasteiger partial charge >= 0.3 is 5.97 Å².